The molecule has 148 valence electrons. The van der Waals surface area contributed by atoms with Crippen LogP contribution in [0, 0.1) is 6.26 Å². The van der Waals surface area contributed by atoms with E-state index in [1.54, 1.807) is 55.4 Å². The minimum atomic E-state index is -0.417. The van der Waals surface area contributed by atoms with Gasteiger partial charge in [0.1, 0.15) is 0 Å². The van der Waals surface area contributed by atoms with Crippen LogP contribution in [-0.2, 0) is 21.7 Å². The van der Waals surface area contributed by atoms with Crippen LogP contribution in [0.25, 0.3) is 11.0 Å². The Morgan fingerprint density at radius 2 is 1.00 bits per heavy atom. The van der Waals surface area contributed by atoms with E-state index in [9.17, 15) is 20.4 Å². The minimum Gasteiger partial charge on any atom is -0.852 e. The predicted octanol–water partition coefficient (Wildman–Crippen LogP) is -1.75. The Labute approximate surface area is 192 Å². The second kappa shape index (κ2) is 25.9. The maximum Gasteiger partial charge on any atom is 4.00 e. The normalized spacial score (nSPS) is 8.74. The quantitative estimate of drug-likeness (QED) is 0.380. The average Bonchev–Trinajstić information content (AvgIpc) is 2.83. The number of para-hydroxylation sites is 1. The van der Waals surface area contributed by atoms with Gasteiger partial charge in [0.05, 0.1) is 0 Å². The first-order chi connectivity index (χ1) is 11.4. The molecule has 0 bridgehead atoms. The van der Waals surface area contributed by atoms with Gasteiger partial charge in [0.15, 0.2) is 0 Å². The zero-order valence-electron chi connectivity index (χ0n) is 18.2. The fourth-order valence-corrected chi connectivity index (χ4v) is 0.849. The summed E-state index contributed by atoms with van der Waals surface area (Å²) in [5, 5.41) is 39.2. The van der Waals surface area contributed by atoms with Gasteiger partial charge in [0.2, 0.25) is 0 Å². The molecule has 0 amide bonds. The SMILES string of the molecule is CC(C)[O-].CC(C)[O-].CC(C)[O-].CC(C)[O-].[Li+].[Ti+4].[c-]1cc2ccccc2o1. The van der Waals surface area contributed by atoms with Crippen LogP contribution >= 0.6 is 0 Å². The first-order valence-electron chi connectivity index (χ1n) is 8.37. The predicted molar refractivity (Wildman–Crippen MR) is 95.6 cm³/mol. The molecule has 0 saturated heterocycles. The van der Waals surface area contributed by atoms with Crippen molar-refractivity contribution in [3.8, 4) is 0 Å². The zero-order chi connectivity index (χ0) is 20.4. The molecule has 0 aliphatic carbocycles. The molecule has 0 unspecified atom stereocenters. The first-order valence-corrected chi connectivity index (χ1v) is 8.37. The summed E-state index contributed by atoms with van der Waals surface area (Å²) in [6.07, 6.45) is 0.996. The molecular weight excluding hydrogens is 375 g/mol. The molecule has 5 nitrogen and oxygen atoms in total. The molecule has 27 heavy (non-hydrogen) atoms. The van der Waals surface area contributed by atoms with Gasteiger partial charge in [0.25, 0.3) is 0 Å². The van der Waals surface area contributed by atoms with Gasteiger partial charge in [-0.05, 0) is 11.8 Å². The maximum absolute atomic E-state index is 9.53. The van der Waals surface area contributed by atoms with Crippen molar-refractivity contribution in [3.05, 3.63) is 36.6 Å². The van der Waals surface area contributed by atoms with Gasteiger partial charge in [0, 0.05) is 0 Å². The smallest absolute Gasteiger partial charge is 0.852 e. The van der Waals surface area contributed by atoms with Gasteiger partial charge in [-0.3, -0.25) is 0 Å². The zero-order valence-corrected chi connectivity index (χ0v) is 19.8. The van der Waals surface area contributed by atoms with Crippen LogP contribution in [0.1, 0.15) is 55.4 Å². The molecule has 0 N–H and O–H groups in total. The summed E-state index contributed by atoms with van der Waals surface area (Å²) in [7, 11) is 0. The van der Waals surface area contributed by atoms with E-state index in [2.05, 4.69) is 6.26 Å². The van der Waals surface area contributed by atoms with Crippen molar-refractivity contribution in [2.24, 2.45) is 0 Å². The molecule has 0 aliphatic heterocycles. The number of hydrogen-bond donors (Lipinski definition) is 0. The Balaban J connectivity index is -0.0000000790. The summed E-state index contributed by atoms with van der Waals surface area (Å²) < 4.78 is 4.99. The first kappa shape index (κ1) is 37.6. The van der Waals surface area contributed by atoms with Crippen LogP contribution in [0.3, 0.4) is 0 Å². The van der Waals surface area contributed by atoms with E-state index in [0.717, 1.165) is 11.0 Å². The topological polar surface area (TPSA) is 105 Å². The molecule has 7 heteroatoms. The van der Waals surface area contributed by atoms with Crippen molar-refractivity contribution < 1.29 is 65.4 Å². The molecule has 0 radical (unpaired) electrons. The third-order valence-electron chi connectivity index (χ3n) is 1.30. The second-order valence-corrected chi connectivity index (χ2v) is 6.10. The van der Waals surface area contributed by atoms with Crippen LogP contribution in [0.2, 0.25) is 0 Å². The molecule has 1 aromatic carbocycles. The van der Waals surface area contributed by atoms with Gasteiger partial charge >= 0.3 is 40.6 Å². The van der Waals surface area contributed by atoms with Gasteiger partial charge in [-0.1, -0.05) is 73.6 Å². The fourth-order valence-electron chi connectivity index (χ4n) is 0.849. The van der Waals surface area contributed by atoms with Crippen molar-refractivity contribution in [1.82, 2.24) is 0 Å². The number of furan rings is 1. The molecule has 0 atom stereocenters. The van der Waals surface area contributed by atoms with E-state index >= 15 is 0 Å². The van der Waals surface area contributed by atoms with Gasteiger partial charge in [-0.25, -0.2) is 0 Å². The summed E-state index contributed by atoms with van der Waals surface area (Å²) >= 11 is 0. The van der Waals surface area contributed by atoms with Crippen LogP contribution in [-0.4, -0.2) is 24.4 Å². The summed E-state index contributed by atoms with van der Waals surface area (Å²) in [5.74, 6) is 0. The fraction of sp³-hybridized carbons (Fsp3) is 0.600. The van der Waals surface area contributed by atoms with E-state index in [-0.39, 0.29) is 40.6 Å². The largest absolute Gasteiger partial charge is 4.00 e. The van der Waals surface area contributed by atoms with Crippen LogP contribution < -0.4 is 39.3 Å². The molecule has 0 aliphatic rings. The average molecular weight is 408 g/mol. The molecule has 2 rings (SSSR count). The monoisotopic (exact) mass is 408 g/mol. The van der Waals surface area contributed by atoms with Crippen LogP contribution in [0.15, 0.2) is 34.7 Å². The minimum absolute atomic E-state index is 0. The van der Waals surface area contributed by atoms with Crippen LogP contribution in [0.5, 0.6) is 0 Å². The van der Waals surface area contributed by atoms with Crippen molar-refractivity contribution in [2.45, 2.75) is 79.8 Å². The van der Waals surface area contributed by atoms with E-state index < -0.39 is 24.4 Å². The van der Waals surface area contributed by atoms with Gasteiger partial charge in [-0.15, -0.1) is 41.9 Å². The number of hydrogen-bond acceptors (Lipinski definition) is 5. The van der Waals surface area contributed by atoms with E-state index in [0.29, 0.717) is 0 Å². The van der Waals surface area contributed by atoms with E-state index in [1.165, 1.54) is 0 Å². The second-order valence-electron chi connectivity index (χ2n) is 6.10. The number of benzene rings is 1. The molecular formula is C20H33LiO5Ti. The Morgan fingerprint density at radius 3 is 1.30 bits per heavy atom. The Morgan fingerprint density at radius 1 is 0.704 bits per heavy atom. The summed E-state index contributed by atoms with van der Waals surface area (Å²) in [5.41, 5.74) is 0.900. The Kier molecular flexibility index (Phi) is 36.1. The third-order valence-corrected chi connectivity index (χ3v) is 1.30. The van der Waals surface area contributed by atoms with Gasteiger partial charge < -0.3 is 24.8 Å². The molecule has 0 spiro atoms. The number of rotatable bonds is 0. The van der Waals surface area contributed by atoms with E-state index in [1.807, 2.05) is 30.3 Å². The Bertz CT molecular complexity index is 423. The standard InChI is InChI=1S/C8H5O.4C3H7O.Li.Ti/c1-2-4-8-7(3-1)5-6-9-8;4*1-3(2)4;;/h1-5H;4*3H,1-2H3;;/q5*-1;+1;+4. The van der Waals surface area contributed by atoms with Crippen molar-refractivity contribution >= 4 is 11.0 Å². The van der Waals surface area contributed by atoms with Crippen molar-refractivity contribution in [3.63, 3.8) is 0 Å². The van der Waals surface area contributed by atoms with Crippen molar-refractivity contribution in [2.75, 3.05) is 0 Å². The molecule has 0 saturated carbocycles. The molecule has 1 aromatic heterocycles. The summed E-state index contributed by atoms with van der Waals surface area (Å²) in [6, 6.07) is 9.67. The number of fused-ring (bicyclic) bond motifs is 1. The summed E-state index contributed by atoms with van der Waals surface area (Å²) in [6.45, 7) is 12.9. The van der Waals surface area contributed by atoms with Crippen molar-refractivity contribution in [1.29, 1.82) is 0 Å². The van der Waals surface area contributed by atoms with Crippen LogP contribution in [0.4, 0.5) is 0 Å². The molecule has 1 heterocycles. The Hall–Kier alpha value is -0.0883. The third kappa shape index (κ3) is 51.8. The van der Waals surface area contributed by atoms with E-state index in [4.69, 9.17) is 4.42 Å². The molecule has 2 aromatic rings. The maximum atomic E-state index is 9.53. The molecule has 0 fully saturated rings. The summed E-state index contributed by atoms with van der Waals surface area (Å²) in [4.78, 5) is 0. The van der Waals surface area contributed by atoms with Gasteiger partial charge in [-0.2, -0.15) is 0 Å².